The summed E-state index contributed by atoms with van der Waals surface area (Å²) < 4.78 is 40.3. The maximum atomic E-state index is 13.8. The monoisotopic (exact) mass is 298 g/mol. The molecule has 0 aliphatic rings. The number of rotatable bonds is 4. The van der Waals surface area contributed by atoms with E-state index in [9.17, 15) is 22.8 Å². The van der Waals surface area contributed by atoms with Crippen LogP contribution < -0.4 is 0 Å². The van der Waals surface area contributed by atoms with Crippen LogP contribution in [0.25, 0.3) is 0 Å². The highest BCUT2D eigenvalue weighted by molar-refractivity contribution is 6.23. The van der Waals surface area contributed by atoms with Crippen LogP contribution in [0, 0.1) is 28.8 Å². The molecule has 0 aliphatic carbocycles. The summed E-state index contributed by atoms with van der Waals surface area (Å²) in [6.45, 7) is 0. The fourth-order valence-corrected chi connectivity index (χ4v) is 1.48. The molecule has 5 nitrogen and oxygen atoms in total. The zero-order valence-electron chi connectivity index (χ0n) is 10.9. The zero-order valence-corrected chi connectivity index (χ0v) is 10.9. The number of hydrogen-bond acceptors (Lipinski definition) is 4. The number of carbonyl (C=O) groups excluding carboxylic acids is 1. The van der Waals surface area contributed by atoms with Gasteiger partial charge in [0.2, 0.25) is 5.78 Å². The number of halogens is 3. The zero-order chi connectivity index (χ0) is 16.3. The molecule has 1 N–H and O–H groups in total. The van der Waals surface area contributed by atoms with Crippen molar-refractivity contribution in [2.75, 3.05) is 14.1 Å². The van der Waals surface area contributed by atoms with E-state index < -0.39 is 45.9 Å². The molecular formula is C13H9F3N2O3. The first-order chi connectivity index (χ1) is 9.70. The second-order valence-electron chi connectivity index (χ2n) is 4.16. The number of nitriles is 1. The van der Waals surface area contributed by atoms with Crippen LogP contribution in [0.3, 0.4) is 0 Å². The molecule has 0 amide bonds. The molecule has 0 unspecified atom stereocenters. The van der Waals surface area contributed by atoms with Crippen molar-refractivity contribution in [3.8, 4) is 6.07 Å². The Morgan fingerprint density at radius 2 is 1.86 bits per heavy atom. The molecule has 0 saturated carbocycles. The Morgan fingerprint density at radius 1 is 1.29 bits per heavy atom. The van der Waals surface area contributed by atoms with Crippen molar-refractivity contribution in [2.24, 2.45) is 0 Å². The van der Waals surface area contributed by atoms with Crippen molar-refractivity contribution in [1.29, 1.82) is 5.26 Å². The standard InChI is InChI=1S/C13H9F3N2O3/c1-18(2)5-8(13(20)21)12(19)6-3-9(14)11(16)7(4-17)10(6)15/h3,5H,1-2H3,(H,20,21). The van der Waals surface area contributed by atoms with E-state index in [1.807, 2.05) is 0 Å². The molecular weight excluding hydrogens is 289 g/mol. The van der Waals surface area contributed by atoms with Crippen LogP contribution >= 0.6 is 0 Å². The predicted octanol–water partition coefficient (Wildman–Crippen LogP) is 1.69. The normalized spacial score (nSPS) is 11.0. The molecule has 0 spiro atoms. The Kier molecular flexibility index (Phi) is 4.71. The van der Waals surface area contributed by atoms with Crippen LogP contribution in [0.4, 0.5) is 13.2 Å². The van der Waals surface area contributed by atoms with Crippen molar-refractivity contribution >= 4 is 11.8 Å². The van der Waals surface area contributed by atoms with E-state index in [1.54, 1.807) is 0 Å². The van der Waals surface area contributed by atoms with Gasteiger partial charge in [0.1, 0.15) is 17.2 Å². The minimum Gasteiger partial charge on any atom is -0.477 e. The van der Waals surface area contributed by atoms with E-state index >= 15 is 0 Å². The molecule has 8 heteroatoms. The highest BCUT2D eigenvalue weighted by atomic mass is 19.2. The van der Waals surface area contributed by atoms with Gasteiger partial charge in [-0.15, -0.1) is 0 Å². The molecule has 0 aromatic heterocycles. The van der Waals surface area contributed by atoms with Crippen LogP contribution in [0.2, 0.25) is 0 Å². The highest BCUT2D eigenvalue weighted by Crippen LogP contribution is 2.22. The third kappa shape index (κ3) is 3.20. The topological polar surface area (TPSA) is 81.4 Å². The number of Topliss-reactive ketones (excluding diaryl/α,β-unsaturated/α-hetero) is 1. The number of ketones is 1. The third-order valence-corrected chi connectivity index (χ3v) is 2.37. The van der Waals surface area contributed by atoms with Crippen LogP contribution in [0.5, 0.6) is 0 Å². The van der Waals surface area contributed by atoms with Crippen molar-refractivity contribution in [3.63, 3.8) is 0 Å². The quantitative estimate of drug-likeness (QED) is 0.301. The van der Waals surface area contributed by atoms with Crippen LogP contribution in [-0.2, 0) is 4.79 Å². The molecule has 0 bridgehead atoms. The average molecular weight is 298 g/mol. The Balaban J connectivity index is 3.54. The molecule has 0 atom stereocenters. The molecule has 0 saturated heterocycles. The second-order valence-corrected chi connectivity index (χ2v) is 4.16. The van der Waals surface area contributed by atoms with Crippen molar-refractivity contribution in [1.82, 2.24) is 4.90 Å². The third-order valence-electron chi connectivity index (χ3n) is 2.37. The van der Waals surface area contributed by atoms with Crippen LogP contribution in [-0.4, -0.2) is 35.9 Å². The van der Waals surface area contributed by atoms with Gasteiger partial charge in [0, 0.05) is 20.3 Å². The van der Waals surface area contributed by atoms with Gasteiger partial charge in [-0.2, -0.15) is 5.26 Å². The first-order valence-electron chi connectivity index (χ1n) is 5.44. The summed E-state index contributed by atoms with van der Waals surface area (Å²) in [5.74, 6) is -8.00. The summed E-state index contributed by atoms with van der Waals surface area (Å²) >= 11 is 0. The Morgan fingerprint density at radius 3 is 2.29 bits per heavy atom. The van der Waals surface area contributed by atoms with Gasteiger partial charge in [0.15, 0.2) is 17.5 Å². The molecule has 1 aromatic rings. The van der Waals surface area contributed by atoms with E-state index in [2.05, 4.69) is 0 Å². The summed E-state index contributed by atoms with van der Waals surface area (Å²) in [5, 5.41) is 17.5. The maximum absolute atomic E-state index is 13.8. The van der Waals surface area contributed by atoms with E-state index in [-0.39, 0.29) is 6.07 Å². The Hall–Kier alpha value is -2.82. The van der Waals surface area contributed by atoms with Gasteiger partial charge < -0.3 is 10.0 Å². The number of carboxylic acid groups (broad SMARTS) is 1. The fraction of sp³-hybridized carbons (Fsp3) is 0.154. The minimum absolute atomic E-state index is 0.222. The van der Waals surface area contributed by atoms with Crippen molar-refractivity contribution < 1.29 is 27.9 Å². The number of carboxylic acids is 1. The highest BCUT2D eigenvalue weighted by Gasteiger charge is 2.27. The molecule has 21 heavy (non-hydrogen) atoms. The summed E-state index contributed by atoms with van der Waals surface area (Å²) in [6.07, 6.45) is 0.886. The van der Waals surface area contributed by atoms with E-state index in [0.717, 1.165) is 12.3 Å². The summed E-state index contributed by atoms with van der Waals surface area (Å²) in [5.41, 5.74) is -3.16. The largest absolute Gasteiger partial charge is 0.477 e. The van der Waals surface area contributed by atoms with Crippen LogP contribution in [0.1, 0.15) is 15.9 Å². The van der Waals surface area contributed by atoms with E-state index in [1.165, 1.54) is 19.0 Å². The summed E-state index contributed by atoms with van der Waals surface area (Å²) in [4.78, 5) is 24.2. The van der Waals surface area contributed by atoms with Gasteiger partial charge >= 0.3 is 5.97 Å². The first-order valence-corrected chi connectivity index (χ1v) is 5.44. The van der Waals surface area contributed by atoms with Gasteiger partial charge in [-0.25, -0.2) is 18.0 Å². The van der Waals surface area contributed by atoms with Gasteiger partial charge in [-0.05, 0) is 6.07 Å². The van der Waals surface area contributed by atoms with Crippen molar-refractivity contribution in [2.45, 2.75) is 0 Å². The number of nitrogens with zero attached hydrogens (tertiary/aromatic N) is 2. The first kappa shape index (κ1) is 16.2. The fourth-order valence-electron chi connectivity index (χ4n) is 1.48. The summed E-state index contributed by atoms with van der Waals surface area (Å²) in [6, 6.07) is 1.31. The second kappa shape index (κ2) is 6.09. The number of benzene rings is 1. The maximum Gasteiger partial charge on any atom is 0.341 e. The Bertz CT molecular complexity index is 691. The van der Waals surface area contributed by atoms with Crippen molar-refractivity contribution in [3.05, 3.63) is 46.4 Å². The molecule has 110 valence electrons. The summed E-state index contributed by atoms with van der Waals surface area (Å²) in [7, 11) is 2.83. The van der Waals surface area contributed by atoms with Gasteiger partial charge in [-0.1, -0.05) is 0 Å². The minimum atomic E-state index is -1.74. The molecule has 0 heterocycles. The Labute approximate surface area is 117 Å². The van der Waals surface area contributed by atoms with Crippen LogP contribution in [0.15, 0.2) is 17.8 Å². The smallest absolute Gasteiger partial charge is 0.341 e. The molecule has 0 aliphatic heterocycles. The predicted molar refractivity (Wildman–Crippen MR) is 64.8 cm³/mol. The number of hydrogen-bond donors (Lipinski definition) is 1. The number of aliphatic carboxylic acids is 1. The van der Waals surface area contributed by atoms with Gasteiger partial charge in [0.25, 0.3) is 0 Å². The number of carbonyl (C=O) groups is 2. The van der Waals surface area contributed by atoms with Gasteiger partial charge in [0.05, 0.1) is 5.56 Å². The average Bonchev–Trinajstić information content (AvgIpc) is 2.39. The SMILES string of the molecule is CN(C)C=C(C(=O)O)C(=O)c1cc(F)c(F)c(C#N)c1F. The lowest BCUT2D eigenvalue weighted by Gasteiger charge is -2.09. The lowest BCUT2D eigenvalue weighted by molar-refractivity contribution is -0.132. The van der Waals surface area contributed by atoms with E-state index in [0.29, 0.717) is 0 Å². The molecule has 0 fully saturated rings. The van der Waals surface area contributed by atoms with Gasteiger partial charge in [-0.3, -0.25) is 4.79 Å². The molecule has 1 rings (SSSR count). The molecule has 0 radical (unpaired) electrons. The molecule has 1 aromatic carbocycles. The lowest BCUT2D eigenvalue weighted by atomic mass is 10.0. The lowest BCUT2D eigenvalue weighted by Crippen LogP contribution is -2.19. The van der Waals surface area contributed by atoms with E-state index in [4.69, 9.17) is 10.4 Å².